The Morgan fingerprint density at radius 2 is 1.78 bits per heavy atom. The Hall–Kier alpha value is -4.52. The van der Waals surface area contributed by atoms with E-state index < -0.39 is 4.92 Å². The molecule has 0 aliphatic heterocycles. The van der Waals surface area contributed by atoms with Crippen LogP contribution in [0.2, 0.25) is 0 Å². The summed E-state index contributed by atoms with van der Waals surface area (Å²) < 4.78 is 1.69. The number of aromatic nitrogens is 2. The molecule has 1 aromatic heterocycles. The van der Waals surface area contributed by atoms with Crippen molar-refractivity contribution in [3.8, 4) is 16.9 Å². The normalized spacial score (nSPS) is 10.9. The molecule has 4 rings (SSSR count). The molecule has 0 aliphatic carbocycles. The van der Waals surface area contributed by atoms with Gasteiger partial charge in [0.05, 0.1) is 10.6 Å². The quantitative estimate of drug-likeness (QED) is 0.255. The Kier molecular flexibility index (Phi) is 5.89. The second kappa shape index (κ2) is 9.09. The zero-order valence-corrected chi connectivity index (χ0v) is 17.3. The van der Waals surface area contributed by atoms with Gasteiger partial charge in [-0.3, -0.25) is 14.9 Å². The molecular formula is C25H20N4O3. The van der Waals surface area contributed by atoms with Crippen LogP contribution in [0.5, 0.6) is 0 Å². The summed E-state index contributed by atoms with van der Waals surface area (Å²) in [7, 11) is 0. The topological polar surface area (TPSA) is 90.1 Å². The van der Waals surface area contributed by atoms with Crippen molar-refractivity contribution in [1.82, 2.24) is 9.78 Å². The number of carbonyl (C=O) groups excluding carboxylic acids is 1. The van der Waals surface area contributed by atoms with Crippen molar-refractivity contribution in [3.63, 3.8) is 0 Å². The number of nitro groups is 1. The molecule has 158 valence electrons. The molecule has 7 heteroatoms. The Morgan fingerprint density at radius 1 is 1.03 bits per heavy atom. The maximum absolute atomic E-state index is 12.4. The third kappa shape index (κ3) is 4.79. The molecule has 3 aromatic carbocycles. The molecule has 4 aromatic rings. The zero-order valence-electron chi connectivity index (χ0n) is 17.3. The van der Waals surface area contributed by atoms with Gasteiger partial charge in [-0.2, -0.15) is 5.10 Å². The lowest BCUT2D eigenvalue weighted by molar-refractivity contribution is -0.384. The molecule has 32 heavy (non-hydrogen) atoms. The van der Waals surface area contributed by atoms with Crippen LogP contribution in [0.15, 0.2) is 91.1 Å². The molecule has 1 N–H and O–H groups in total. The van der Waals surface area contributed by atoms with E-state index in [1.54, 1.807) is 29.1 Å². The largest absolute Gasteiger partial charge is 0.323 e. The number of benzene rings is 3. The summed E-state index contributed by atoms with van der Waals surface area (Å²) in [6.07, 6.45) is 4.87. The van der Waals surface area contributed by atoms with Crippen molar-refractivity contribution in [2.24, 2.45) is 0 Å². The van der Waals surface area contributed by atoms with Gasteiger partial charge in [0.2, 0.25) is 5.91 Å². The van der Waals surface area contributed by atoms with Crippen LogP contribution < -0.4 is 5.32 Å². The van der Waals surface area contributed by atoms with E-state index in [1.807, 2.05) is 61.5 Å². The third-order valence-corrected chi connectivity index (χ3v) is 4.83. The summed E-state index contributed by atoms with van der Waals surface area (Å²) in [4.78, 5) is 23.2. The highest BCUT2D eigenvalue weighted by Crippen LogP contribution is 2.27. The SMILES string of the molecule is Cc1ccc(NC(=O)C=Cc2cn(-c3ccccc3)nc2-c2cccc([N+](=O)[O-])c2)cc1. The number of non-ortho nitro benzene ring substituents is 1. The van der Waals surface area contributed by atoms with Gasteiger partial charge in [0, 0.05) is 41.2 Å². The first kappa shape index (κ1) is 20.7. The number of para-hydroxylation sites is 1. The molecule has 1 amide bonds. The van der Waals surface area contributed by atoms with Crippen LogP contribution in [0.3, 0.4) is 0 Å². The monoisotopic (exact) mass is 424 g/mol. The number of nitro benzene ring substituents is 1. The van der Waals surface area contributed by atoms with Crippen molar-refractivity contribution in [2.75, 3.05) is 5.32 Å². The number of hydrogen-bond acceptors (Lipinski definition) is 4. The van der Waals surface area contributed by atoms with Gasteiger partial charge in [-0.15, -0.1) is 0 Å². The van der Waals surface area contributed by atoms with E-state index in [4.69, 9.17) is 0 Å². The highest BCUT2D eigenvalue weighted by Gasteiger charge is 2.14. The number of aryl methyl sites for hydroxylation is 1. The Labute approximate surface area is 184 Å². The van der Waals surface area contributed by atoms with Crippen LogP contribution in [0.4, 0.5) is 11.4 Å². The lowest BCUT2D eigenvalue weighted by Crippen LogP contribution is -2.07. The van der Waals surface area contributed by atoms with Gasteiger partial charge in [-0.25, -0.2) is 4.68 Å². The Bertz CT molecular complexity index is 1290. The number of nitrogens with zero attached hydrogens (tertiary/aromatic N) is 3. The van der Waals surface area contributed by atoms with Gasteiger partial charge < -0.3 is 5.32 Å². The number of rotatable bonds is 6. The van der Waals surface area contributed by atoms with E-state index in [0.29, 0.717) is 22.5 Å². The summed E-state index contributed by atoms with van der Waals surface area (Å²) in [5.74, 6) is -0.286. The van der Waals surface area contributed by atoms with Crippen LogP contribution in [-0.2, 0) is 4.79 Å². The van der Waals surface area contributed by atoms with E-state index in [9.17, 15) is 14.9 Å². The standard InChI is InChI=1S/C25H20N4O3/c1-18-10-13-21(14-11-18)26-24(30)15-12-20-17-28(22-7-3-2-4-8-22)27-25(20)19-6-5-9-23(16-19)29(31)32/h2-17H,1H3,(H,26,30). The minimum Gasteiger partial charge on any atom is -0.323 e. The number of anilines is 1. The van der Waals surface area contributed by atoms with Crippen LogP contribution in [-0.4, -0.2) is 20.6 Å². The molecule has 0 unspecified atom stereocenters. The van der Waals surface area contributed by atoms with E-state index in [0.717, 1.165) is 11.3 Å². The fraction of sp³-hybridized carbons (Fsp3) is 0.0400. The molecule has 1 heterocycles. The van der Waals surface area contributed by atoms with Crippen molar-refractivity contribution >= 4 is 23.4 Å². The van der Waals surface area contributed by atoms with Gasteiger partial charge in [0.15, 0.2) is 0 Å². The third-order valence-electron chi connectivity index (χ3n) is 4.83. The highest BCUT2D eigenvalue weighted by molar-refractivity contribution is 6.02. The number of carbonyl (C=O) groups is 1. The second-order valence-corrected chi connectivity index (χ2v) is 7.21. The van der Waals surface area contributed by atoms with Crippen molar-refractivity contribution in [1.29, 1.82) is 0 Å². The Balaban J connectivity index is 1.68. The average Bonchev–Trinajstić information content (AvgIpc) is 3.24. The number of amides is 1. The van der Waals surface area contributed by atoms with Crippen LogP contribution in [0.1, 0.15) is 11.1 Å². The molecule has 0 saturated carbocycles. The predicted octanol–water partition coefficient (Wildman–Crippen LogP) is 5.41. The average molecular weight is 424 g/mol. The molecule has 0 fully saturated rings. The summed E-state index contributed by atoms with van der Waals surface area (Å²) in [5.41, 5.74) is 4.40. The van der Waals surface area contributed by atoms with Crippen molar-refractivity contribution in [2.45, 2.75) is 6.92 Å². The molecule has 0 atom stereocenters. The summed E-state index contributed by atoms with van der Waals surface area (Å²) in [6.45, 7) is 1.98. The van der Waals surface area contributed by atoms with E-state index in [2.05, 4.69) is 10.4 Å². The smallest absolute Gasteiger partial charge is 0.270 e. The molecule has 0 radical (unpaired) electrons. The number of hydrogen-bond donors (Lipinski definition) is 1. The highest BCUT2D eigenvalue weighted by atomic mass is 16.6. The zero-order chi connectivity index (χ0) is 22.5. The van der Waals surface area contributed by atoms with E-state index in [1.165, 1.54) is 18.2 Å². The summed E-state index contributed by atoms with van der Waals surface area (Å²) >= 11 is 0. The van der Waals surface area contributed by atoms with Gasteiger partial charge in [0.1, 0.15) is 5.69 Å². The first-order chi connectivity index (χ1) is 15.5. The molecule has 7 nitrogen and oxygen atoms in total. The maximum Gasteiger partial charge on any atom is 0.270 e. The minimum absolute atomic E-state index is 0.0243. The van der Waals surface area contributed by atoms with E-state index >= 15 is 0 Å². The van der Waals surface area contributed by atoms with Gasteiger partial charge in [-0.1, -0.05) is 48.0 Å². The van der Waals surface area contributed by atoms with Gasteiger partial charge >= 0.3 is 0 Å². The first-order valence-corrected chi connectivity index (χ1v) is 9.95. The second-order valence-electron chi connectivity index (χ2n) is 7.21. The number of nitrogens with one attached hydrogen (secondary N) is 1. The predicted molar refractivity (Wildman–Crippen MR) is 124 cm³/mol. The fourth-order valence-electron chi connectivity index (χ4n) is 3.20. The molecular weight excluding hydrogens is 404 g/mol. The molecule has 0 saturated heterocycles. The lowest BCUT2D eigenvalue weighted by atomic mass is 10.1. The minimum atomic E-state index is -0.442. The maximum atomic E-state index is 12.4. The first-order valence-electron chi connectivity index (χ1n) is 9.95. The van der Waals surface area contributed by atoms with Gasteiger partial charge in [0.25, 0.3) is 5.69 Å². The van der Waals surface area contributed by atoms with Crippen LogP contribution in [0, 0.1) is 17.0 Å². The molecule has 0 bridgehead atoms. The van der Waals surface area contributed by atoms with E-state index in [-0.39, 0.29) is 11.6 Å². The van der Waals surface area contributed by atoms with Crippen LogP contribution in [0.25, 0.3) is 23.0 Å². The summed E-state index contributed by atoms with van der Waals surface area (Å²) in [6, 6.07) is 23.3. The fourth-order valence-corrected chi connectivity index (χ4v) is 3.20. The van der Waals surface area contributed by atoms with Crippen LogP contribution >= 0.6 is 0 Å². The summed E-state index contributed by atoms with van der Waals surface area (Å²) in [5, 5.41) is 18.7. The molecule has 0 aliphatic rings. The van der Waals surface area contributed by atoms with Crippen molar-refractivity contribution in [3.05, 3.63) is 112 Å². The van der Waals surface area contributed by atoms with Crippen molar-refractivity contribution < 1.29 is 9.72 Å². The molecule has 0 spiro atoms. The van der Waals surface area contributed by atoms with Gasteiger partial charge in [-0.05, 0) is 37.3 Å². The Morgan fingerprint density at radius 3 is 2.50 bits per heavy atom. The lowest BCUT2D eigenvalue weighted by Gasteiger charge is -2.02.